The highest BCUT2D eigenvalue weighted by molar-refractivity contribution is 5.83. The lowest BCUT2D eigenvalue weighted by Gasteiger charge is -2.26. The van der Waals surface area contributed by atoms with Crippen molar-refractivity contribution in [2.24, 2.45) is 0 Å². The zero-order chi connectivity index (χ0) is 23.2. The number of amides is 2. The molecule has 0 fully saturated rings. The molecule has 1 aliphatic heterocycles. The van der Waals surface area contributed by atoms with E-state index >= 15 is 0 Å². The number of hydrogen-bond donors (Lipinski definition) is 2. The van der Waals surface area contributed by atoms with Crippen molar-refractivity contribution in [3.63, 3.8) is 0 Å². The Bertz CT molecular complexity index is 1160. The van der Waals surface area contributed by atoms with E-state index in [1.807, 2.05) is 42.5 Å². The summed E-state index contributed by atoms with van der Waals surface area (Å²) in [4.78, 5) is 32.8. The van der Waals surface area contributed by atoms with Crippen LogP contribution < -0.4 is 20.3 Å². The van der Waals surface area contributed by atoms with E-state index in [4.69, 9.17) is 9.47 Å². The first-order valence-corrected chi connectivity index (χ1v) is 11.3. The Morgan fingerprint density at radius 3 is 2.48 bits per heavy atom. The maximum atomic E-state index is 13.1. The first kappa shape index (κ1) is 22.7. The maximum absolute atomic E-state index is 13.1. The molecule has 1 aromatic heterocycles. The monoisotopic (exact) mass is 450 g/mol. The third-order valence-electron chi connectivity index (χ3n) is 5.93. The maximum Gasteiger partial charge on any atom is 0.318 e. The molecule has 2 amide bonds. The number of nitrogens with one attached hydrogen (secondary N) is 2. The number of hydrogen-bond acceptors (Lipinski definition) is 5. The van der Waals surface area contributed by atoms with Crippen LogP contribution in [-0.2, 0) is 13.1 Å². The predicted octanol–water partition coefficient (Wildman–Crippen LogP) is 3.31. The first-order chi connectivity index (χ1) is 16.1. The minimum absolute atomic E-state index is 0.170. The van der Waals surface area contributed by atoms with Crippen LogP contribution in [0.4, 0.5) is 4.79 Å². The smallest absolute Gasteiger partial charge is 0.318 e. The number of rotatable bonds is 9. The van der Waals surface area contributed by atoms with Crippen molar-refractivity contribution in [3.05, 3.63) is 70.0 Å². The van der Waals surface area contributed by atoms with Crippen LogP contribution in [-0.4, -0.2) is 53.8 Å². The molecule has 0 bridgehead atoms. The molecule has 1 aliphatic rings. The van der Waals surface area contributed by atoms with E-state index in [9.17, 15) is 9.59 Å². The zero-order valence-corrected chi connectivity index (χ0v) is 19.1. The van der Waals surface area contributed by atoms with Crippen LogP contribution in [0.15, 0.2) is 53.3 Å². The van der Waals surface area contributed by atoms with Gasteiger partial charge in [-0.15, -0.1) is 0 Å². The van der Waals surface area contributed by atoms with Crippen LogP contribution in [0.25, 0.3) is 10.9 Å². The van der Waals surface area contributed by atoms with Gasteiger partial charge in [0, 0.05) is 36.7 Å². The van der Waals surface area contributed by atoms with Gasteiger partial charge in [-0.1, -0.05) is 44.2 Å². The molecule has 2 N–H and O–H groups in total. The van der Waals surface area contributed by atoms with Gasteiger partial charge in [-0.3, -0.25) is 4.79 Å². The van der Waals surface area contributed by atoms with Crippen molar-refractivity contribution < 1.29 is 14.3 Å². The number of likely N-dealkylation sites (N-methyl/N-ethyl adjacent to an activating group) is 1. The van der Waals surface area contributed by atoms with Crippen molar-refractivity contribution in [3.8, 4) is 11.5 Å². The van der Waals surface area contributed by atoms with Crippen LogP contribution in [0, 0.1) is 0 Å². The van der Waals surface area contributed by atoms with Crippen molar-refractivity contribution in [2.45, 2.75) is 26.9 Å². The van der Waals surface area contributed by atoms with E-state index in [1.165, 1.54) is 0 Å². The summed E-state index contributed by atoms with van der Waals surface area (Å²) in [5, 5.41) is 3.82. The summed E-state index contributed by atoms with van der Waals surface area (Å²) < 4.78 is 10.9. The Kier molecular flexibility index (Phi) is 7.14. The van der Waals surface area contributed by atoms with Gasteiger partial charge in [0.2, 0.25) is 6.79 Å². The molecule has 0 radical (unpaired) electrons. The number of pyridine rings is 1. The fraction of sp³-hybridized carbons (Fsp3) is 0.360. The predicted molar refractivity (Wildman–Crippen MR) is 128 cm³/mol. The van der Waals surface area contributed by atoms with Gasteiger partial charge in [-0.05, 0) is 30.8 Å². The standard InChI is InChI=1S/C25H30N4O4/c1-3-28(4-2)10-11-29(25(31)26-15-18-8-6-5-7-9-18)16-20-12-19-13-22-23(33-17-32-22)14-21(19)27-24(20)30/h5-9,12-14H,3-4,10-11,15-17H2,1-2H3,(H,26,31)(H,27,30). The molecule has 4 rings (SSSR count). The molecule has 0 saturated carbocycles. The van der Waals surface area contributed by atoms with E-state index in [-0.39, 0.29) is 24.9 Å². The number of ether oxygens (including phenoxy) is 2. The summed E-state index contributed by atoms with van der Waals surface area (Å²) in [6.45, 7) is 8.06. The summed E-state index contributed by atoms with van der Waals surface area (Å²) in [7, 11) is 0. The number of carbonyl (C=O) groups is 1. The van der Waals surface area contributed by atoms with E-state index in [0.29, 0.717) is 35.7 Å². The molecule has 0 atom stereocenters. The minimum Gasteiger partial charge on any atom is -0.454 e. The van der Waals surface area contributed by atoms with Crippen LogP contribution in [0.3, 0.4) is 0 Å². The van der Waals surface area contributed by atoms with Gasteiger partial charge < -0.3 is 29.6 Å². The molecule has 3 aromatic rings. The van der Waals surface area contributed by atoms with Gasteiger partial charge >= 0.3 is 6.03 Å². The van der Waals surface area contributed by atoms with Gasteiger partial charge in [-0.25, -0.2) is 4.79 Å². The van der Waals surface area contributed by atoms with E-state index < -0.39 is 0 Å². The second-order valence-corrected chi connectivity index (χ2v) is 8.01. The van der Waals surface area contributed by atoms with Gasteiger partial charge in [-0.2, -0.15) is 0 Å². The summed E-state index contributed by atoms with van der Waals surface area (Å²) in [6, 6.07) is 15.0. The van der Waals surface area contributed by atoms with Crippen molar-refractivity contribution >= 4 is 16.9 Å². The molecular weight excluding hydrogens is 420 g/mol. The Morgan fingerprint density at radius 1 is 1.03 bits per heavy atom. The quantitative estimate of drug-likeness (QED) is 0.522. The van der Waals surface area contributed by atoms with Crippen LogP contribution in [0.1, 0.15) is 25.0 Å². The second kappa shape index (κ2) is 10.4. The molecule has 174 valence electrons. The normalized spacial score (nSPS) is 12.3. The Labute approximate surface area is 193 Å². The Hall–Kier alpha value is -3.52. The van der Waals surface area contributed by atoms with Crippen LogP contribution in [0.5, 0.6) is 11.5 Å². The van der Waals surface area contributed by atoms with Gasteiger partial charge in [0.1, 0.15) is 0 Å². The summed E-state index contributed by atoms with van der Waals surface area (Å²) in [5.74, 6) is 1.27. The lowest BCUT2D eigenvalue weighted by atomic mass is 10.1. The number of carbonyl (C=O) groups excluding carboxylic acids is 1. The molecular formula is C25H30N4O4. The highest BCUT2D eigenvalue weighted by Gasteiger charge is 2.19. The third kappa shape index (κ3) is 5.46. The van der Waals surface area contributed by atoms with Gasteiger partial charge in [0.15, 0.2) is 11.5 Å². The molecule has 8 heteroatoms. The topological polar surface area (TPSA) is 86.9 Å². The fourth-order valence-corrected chi connectivity index (χ4v) is 3.90. The fourth-order valence-electron chi connectivity index (χ4n) is 3.90. The number of benzene rings is 2. The SMILES string of the molecule is CCN(CC)CCN(Cc1cc2cc3c(cc2[nH]c1=O)OCO3)C(=O)NCc1ccccc1. The van der Waals surface area contributed by atoms with Crippen molar-refractivity contribution in [2.75, 3.05) is 33.0 Å². The van der Waals surface area contributed by atoms with Crippen molar-refractivity contribution in [1.82, 2.24) is 20.1 Å². The molecule has 0 aliphatic carbocycles. The van der Waals surface area contributed by atoms with Crippen molar-refractivity contribution in [1.29, 1.82) is 0 Å². The molecule has 0 saturated heterocycles. The van der Waals surface area contributed by atoms with Crippen LogP contribution in [0.2, 0.25) is 0 Å². The van der Waals surface area contributed by atoms with Crippen LogP contribution >= 0.6 is 0 Å². The lowest BCUT2D eigenvalue weighted by molar-refractivity contribution is 0.174. The van der Waals surface area contributed by atoms with Gasteiger partial charge in [0.05, 0.1) is 12.1 Å². The molecule has 8 nitrogen and oxygen atoms in total. The number of fused-ring (bicyclic) bond motifs is 2. The highest BCUT2D eigenvalue weighted by Crippen LogP contribution is 2.35. The van der Waals surface area contributed by atoms with E-state index in [2.05, 4.69) is 29.0 Å². The molecule has 0 unspecified atom stereocenters. The molecule has 33 heavy (non-hydrogen) atoms. The molecule has 2 aromatic carbocycles. The number of urea groups is 1. The van der Waals surface area contributed by atoms with E-state index in [1.54, 1.807) is 11.0 Å². The Morgan fingerprint density at radius 2 is 1.76 bits per heavy atom. The largest absolute Gasteiger partial charge is 0.454 e. The number of aromatic nitrogens is 1. The molecule has 0 spiro atoms. The molecule has 2 heterocycles. The Balaban J connectivity index is 1.54. The average Bonchev–Trinajstić information content (AvgIpc) is 3.29. The van der Waals surface area contributed by atoms with Gasteiger partial charge in [0.25, 0.3) is 5.56 Å². The number of aromatic amines is 1. The van der Waals surface area contributed by atoms with E-state index in [0.717, 1.165) is 30.6 Å². The average molecular weight is 451 g/mol. The summed E-state index contributed by atoms with van der Waals surface area (Å²) >= 11 is 0. The number of nitrogens with zero attached hydrogens (tertiary/aromatic N) is 2. The summed E-state index contributed by atoms with van der Waals surface area (Å²) in [6.07, 6.45) is 0. The number of H-pyrrole nitrogens is 1. The lowest BCUT2D eigenvalue weighted by Crippen LogP contribution is -2.44. The highest BCUT2D eigenvalue weighted by atomic mass is 16.7. The zero-order valence-electron chi connectivity index (χ0n) is 19.1. The summed E-state index contributed by atoms with van der Waals surface area (Å²) in [5.41, 5.74) is 2.01. The second-order valence-electron chi connectivity index (χ2n) is 8.01. The third-order valence-corrected chi connectivity index (χ3v) is 5.93. The first-order valence-electron chi connectivity index (χ1n) is 11.3. The minimum atomic E-state index is -0.218.